The van der Waals surface area contributed by atoms with Crippen LogP contribution in [0.25, 0.3) is 0 Å². The average molecular weight is 436 g/mol. The molecule has 0 amide bonds. The summed E-state index contributed by atoms with van der Waals surface area (Å²) in [6.07, 6.45) is 0. The zero-order valence-electron chi connectivity index (χ0n) is 5.09. The van der Waals surface area contributed by atoms with E-state index in [0.29, 0.717) is 0 Å². The molecule has 0 aliphatic carbocycles. The first-order chi connectivity index (χ1) is 4.00. The summed E-state index contributed by atoms with van der Waals surface area (Å²) in [6, 6.07) is 0. The van der Waals surface area contributed by atoms with Gasteiger partial charge in [0.1, 0.15) is 0 Å². The molecule has 0 N–H and O–H groups in total. The summed E-state index contributed by atoms with van der Waals surface area (Å²) in [5.41, 5.74) is 0. The van der Waals surface area contributed by atoms with Gasteiger partial charge < -0.3 is 38.5 Å². The zero-order valence-corrected chi connectivity index (χ0v) is 12.0. The molecular weight excluding hydrogens is 436 g/mol. The topological polar surface area (TPSA) is 172 Å². The van der Waals surface area contributed by atoms with Crippen LogP contribution >= 0.6 is 15.6 Å². The van der Waals surface area contributed by atoms with Crippen LogP contribution in [-0.4, -0.2) is 0 Å². The molecule has 0 spiro atoms. The quantitative estimate of drug-likeness (QED) is 0.338. The van der Waals surface area contributed by atoms with E-state index in [-0.39, 0.29) is 72.6 Å². The van der Waals surface area contributed by atoms with Crippen molar-refractivity contribution in [3.63, 3.8) is 0 Å². The summed E-state index contributed by atoms with van der Waals surface area (Å²) in [7, 11) is -10.8. The van der Waals surface area contributed by atoms with E-state index in [4.69, 9.17) is 38.5 Å². The second-order valence-electron chi connectivity index (χ2n) is 0.894. The third kappa shape index (κ3) is 245. The summed E-state index contributed by atoms with van der Waals surface area (Å²) in [5.74, 6) is 0. The average Bonchev–Trinajstić information content (AvgIpc) is 1.12. The Bertz CT molecular complexity index is 129. The van der Waals surface area contributed by atoms with Crippen molar-refractivity contribution < 1.29 is 111 Å². The van der Waals surface area contributed by atoms with Gasteiger partial charge in [-0.15, -0.1) is 0 Å². The van der Waals surface area contributed by atoms with E-state index < -0.39 is 15.6 Å². The van der Waals surface area contributed by atoms with Crippen molar-refractivity contribution >= 4 is 15.6 Å². The van der Waals surface area contributed by atoms with Gasteiger partial charge in [0.05, 0.1) is 0 Å². The molecule has 0 aliphatic rings. The Morgan fingerprint density at radius 3 is 0.667 bits per heavy atom. The third-order valence-electron chi connectivity index (χ3n) is 0. The molecule has 0 heterocycles. The normalized spacial score (nSPS) is 9.83. The number of hydrogen-bond donors (Lipinski definition) is 0. The molecule has 0 aromatic rings. The monoisotopic (exact) mass is 437 g/mol. The third-order valence-corrected chi connectivity index (χ3v) is 0. The Hall–Kier alpha value is 2.65. The maximum atomic E-state index is 8.55. The van der Waals surface area contributed by atoms with Crippen molar-refractivity contribution in [2.24, 2.45) is 0 Å². The van der Waals surface area contributed by atoms with Crippen LogP contribution in [0, 0.1) is 39.9 Å². The fraction of sp³-hybridized carbons (Fsp3) is 0. The molecule has 0 bridgehead atoms. The molecule has 1 radical (unpaired) electrons. The van der Waals surface area contributed by atoms with E-state index in [2.05, 4.69) is 0 Å². The molecule has 0 aromatic carbocycles. The molecule has 0 fully saturated rings. The summed E-state index contributed by atoms with van der Waals surface area (Å²) in [5, 5.41) is 0. The van der Waals surface area contributed by atoms with E-state index in [1.54, 1.807) is 0 Å². The minimum atomic E-state index is -5.39. The molecule has 0 rings (SSSR count). The van der Waals surface area contributed by atoms with Gasteiger partial charge in [-0.25, -0.2) is 0 Å². The summed E-state index contributed by atoms with van der Waals surface area (Å²) in [6.45, 7) is 0. The summed E-state index contributed by atoms with van der Waals surface area (Å²) >= 11 is 0. The Labute approximate surface area is 125 Å². The molecule has 12 heavy (non-hydrogen) atoms. The van der Waals surface area contributed by atoms with Crippen LogP contribution in [0.15, 0.2) is 0 Å². The van der Waals surface area contributed by atoms with Crippen molar-refractivity contribution in [1.29, 1.82) is 0 Å². The SMILES string of the molecule is O=P([O-])([O-])[O-].O=P([O-])([O-])[O-].[Gd+3].[Y+3]. The Morgan fingerprint density at radius 1 is 0.667 bits per heavy atom. The van der Waals surface area contributed by atoms with Gasteiger partial charge in [0.15, 0.2) is 0 Å². The van der Waals surface area contributed by atoms with Gasteiger partial charge in [0, 0.05) is 0 Å². The van der Waals surface area contributed by atoms with Gasteiger partial charge in [-0.3, -0.25) is 0 Å². The second kappa shape index (κ2) is 10.2. The second-order valence-corrected chi connectivity index (χ2v) is 2.68. The maximum absolute atomic E-state index is 8.55. The molecule has 0 saturated carbocycles. The molecule has 0 atom stereocenters. The number of hydrogen-bond acceptors (Lipinski definition) is 8. The molecule has 0 aromatic heterocycles. The molecule has 12 heteroatoms. The standard InChI is InChI=1S/Gd.2H3O4P.Y/c;2*1-5(2,3)4;/h;2*(H3,1,2,3,4);/q+3;;;+3/p-6. The van der Waals surface area contributed by atoms with Crippen molar-refractivity contribution in [3.8, 4) is 0 Å². The van der Waals surface area contributed by atoms with Gasteiger partial charge in [-0.2, -0.15) is 15.6 Å². The van der Waals surface area contributed by atoms with E-state index in [1.165, 1.54) is 0 Å². The zero-order chi connectivity index (χ0) is 9.00. The van der Waals surface area contributed by atoms with Crippen LogP contribution in [0.3, 0.4) is 0 Å². The molecular formula is GdO8P2Y. The first-order valence-corrected chi connectivity index (χ1v) is 4.38. The molecule has 0 unspecified atom stereocenters. The van der Waals surface area contributed by atoms with Crippen LogP contribution in [-0.2, 0) is 41.8 Å². The van der Waals surface area contributed by atoms with Crippen LogP contribution in [0.5, 0.6) is 0 Å². The van der Waals surface area contributed by atoms with Gasteiger partial charge in [-0.1, -0.05) is 0 Å². The molecule has 69 valence electrons. The number of phosphoric acid groups is 2. The first-order valence-electron chi connectivity index (χ1n) is 1.46. The molecule has 8 nitrogen and oxygen atoms in total. The van der Waals surface area contributed by atoms with Crippen LogP contribution in [0.4, 0.5) is 0 Å². The van der Waals surface area contributed by atoms with Gasteiger partial charge >= 0.3 is 72.6 Å². The Morgan fingerprint density at radius 2 is 0.667 bits per heavy atom. The largest absolute Gasteiger partial charge is 3.00 e. The summed E-state index contributed by atoms with van der Waals surface area (Å²) < 4.78 is 17.1. The maximum Gasteiger partial charge on any atom is 3.00 e. The smallest absolute Gasteiger partial charge is 0.822 e. The molecule has 0 aliphatic heterocycles. The van der Waals surface area contributed by atoms with Gasteiger partial charge in [0.25, 0.3) is 0 Å². The van der Waals surface area contributed by atoms with Crippen molar-refractivity contribution in [2.45, 2.75) is 0 Å². The van der Waals surface area contributed by atoms with Crippen molar-refractivity contribution in [1.82, 2.24) is 0 Å². The van der Waals surface area contributed by atoms with E-state index in [1.807, 2.05) is 0 Å². The summed E-state index contributed by atoms with van der Waals surface area (Å²) in [4.78, 5) is 51.3. The Kier molecular flexibility index (Phi) is 20.4. The minimum Gasteiger partial charge on any atom is -0.822 e. The fourth-order valence-corrected chi connectivity index (χ4v) is 0. The number of rotatable bonds is 0. The fourth-order valence-electron chi connectivity index (χ4n) is 0. The first kappa shape index (κ1) is 24.1. The van der Waals surface area contributed by atoms with E-state index in [9.17, 15) is 0 Å². The van der Waals surface area contributed by atoms with Gasteiger partial charge in [0.2, 0.25) is 0 Å². The van der Waals surface area contributed by atoms with E-state index in [0.717, 1.165) is 0 Å². The predicted octanol–water partition coefficient (Wildman–Crippen LogP) is -5.65. The predicted molar refractivity (Wildman–Crippen MR) is 15.2 cm³/mol. The Balaban J connectivity index is -0.0000000457. The minimum absolute atomic E-state index is 0. The van der Waals surface area contributed by atoms with Crippen molar-refractivity contribution in [3.05, 3.63) is 0 Å². The van der Waals surface area contributed by atoms with Crippen molar-refractivity contribution in [2.75, 3.05) is 0 Å². The van der Waals surface area contributed by atoms with Crippen LogP contribution < -0.4 is 29.4 Å². The van der Waals surface area contributed by atoms with E-state index >= 15 is 0 Å². The van der Waals surface area contributed by atoms with Crippen LogP contribution in [0.2, 0.25) is 0 Å². The molecule has 0 saturated heterocycles. The van der Waals surface area contributed by atoms with Crippen LogP contribution in [0.1, 0.15) is 0 Å². The van der Waals surface area contributed by atoms with Gasteiger partial charge in [-0.05, 0) is 0 Å².